The lowest BCUT2D eigenvalue weighted by Crippen LogP contribution is -2.46. The number of benzene rings is 2. The number of nitrogens with zero attached hydrogens (tertiary/aromatic N) is 1. The molecule has 1 saturated heterocycles. The molecule has 6 nitrogen and oxygen atoms in total. The largest absolute Gasteiger partial charge is 0.460 e. The summed E-state index contributed by atoms with van der Waals surface area (Å²) in [5.41, 5.74) is 1.32. The molecule has 3 rings (SSSR count). The Kier molecular flexibility index (Phi) is 12.6. The van der Waals surface area contributed by atoms with Crippen LogP contribution in [-0.2, 0) is 19.1 Å². The normalized spacial score (nSPS) is 16.3. The third-order valence-corrected chi connectivity index (χ3v) is 7.35. The van der Waals surface area contributed by atoms with E-state index >= 15 is 0 Å². The number of hydrogen-bond acceptors (Lipinski definition) is 5. The average molecular weight is 562 g/mol. The molecule has 0 N–H and O–H groups in total. The van der Waals surface area contributed by atoms with Gasteiger partial charge in [-0.3, -0.25) is 9.59 Å². The number of hydrogen-bond donors (Lipinski definition) is 0. The monoisotopic (exact) mass is 561 g/mol. The molecule has 2 aromatic carbocycles. The minimum absolute atomic E-state index is 0.0845. The third-order valence-electron chi connectivity index (χ3n) is 7.35. The van der Waals surface area contributed by atoms with Crippen molar-refractivity contribution in [2.45, 2.75) is 103 Å². The molecule has 1 aliphatic rings. The number of cyclic esters (lactones) is 1. The zero-order valence-electron chi connectivity index (χ0n) is 25.2. The van der Waals surface area contributed by atoms with Crippen LogP contribution in [0.5, 0.6) is 0 Å². The van der Waals surface area contributed by atoms with Gasteiger partial charge in [0, 0.05) is 11.8 Å². The molecule has 0 aliphatic carbocycles. The van der Waals surface area contributed by atoms with Crippen LogP contribution in [0, 0.1) is 5.92 Å². The molecule has 0 radical (unpaired) electrons. The lowest BCUT2D eigenvalue weighted by molar-refractivity contribution is -0.158. The van der Waals surface area contributed by atoms with Gasteiger partial charge in [0.15, 0.2) is 0 Å². The maximum absolute atomic E-state index is 14.1. The summed E-state index contributed by atoms with van der Waals surface area (Å²) in [6, 6.07) is 19.2. The van der Waals surface area contributed by atoms with Gasteiger partial charge in [-0.1, -0.05) is 105 Å². The van der Waals surface area contributed by atoms with Gasteiger partial charge in [0.05, 0.1) is 12.5 Å². The van der Waals surface area contributed by atoms with E-state index in [0.717, 1.165) is 24.0 Å². The van der Waals surface area contributed by atoms with Gasteiger partial charge in [0.2, 0.25) is 5.91 Å². The summed E-state index contributed by atoms with van der Waals surface area (Å²) < 4.78 is 11.1. The summed E-state index contributed by atoms with van der Waals surface area (Å²) in [5.74, 6) is -1.78. The van der Waals surface area contributed by atoms with Gasteiger partial charge in [0.25, 0.3) is 0 Å². The van der Waals surface area contributed by atoms with Crippen LogP contribution in [0.4, 0.5) is 4.79 Å². The number of amides is 2. The van der Waals surface area contributed by atoms with Gasteiger partial charge in [0.1, 0.15) is 12.2 Å². The van der Waals surface area contributed by atoms with Crippen molar-refractivity contribution in [1.29, 1.82) is 0 Å². The molecule has 2 amide bonds. The number of unbranched alkanes of at least 4 members (excludes halogenated alkanes) is 5. The zero-order valence-corrected chi connectivity index (χ0v) is 25.2. The third kappa shape index (κ3) is 10.2. The van der Waals surface area contributed by atoms with Crippen LogP contribution >= 0.6 is 0 Å². The van der Waals surface area contributed by atoms with Crippen LogP contribution in [0.25, 0.3) is 0 Å². The predicted molar refractivity (Wildman–Crippen MR) is 162 cm³/mol. The standard InChI is InChI=1S/C35H47NO5/c1-5-6-7-8-9-10-11-12-15-24-29(25-31(37)41-35(2,3)4)33(38)36-30(26-40-34(36)39)32(27-20-16-13-17-21-27)28-22-18-14-19-23-28/h11-14,16-23,29-30,32H,5-10,15,24-26H2,1-4H3/b12-11+/t29-,30+/m1/s1. The summed E-state index contributed by atoms with van der Waals surface area (Å²) in [4.78, 5) is 41.3. The van der Waals surface area contributed by atoms with E-state index in [1.54, 1.807) is 0 Å². The van der Waals surface area contributed by atoms with Crippen molar-refractivity contribution in [2.75, 3.05) is 6.61 Å². The summed E-state index contributed by atoms with van der Waals surface area (Å²) >= 11 is 0. The SMILES string of the molecule is CCCCCCC/C=C/CC[C@H](CC(=O)OC(C)(C)C)C(=O)N1C(=O)OC[C@H]1C(c1ccccc1)c1ccccc1. The molecule has 0 bridgehead atoms. The van der Waals surface area contributed by atoms with E-state index in [-0.39, 0.29) is 24.9 Å². The second-order valence-corrected chi connectivity index (χ2v) is 11.9. The summed E-state index contributed by atoms with van der Waals surface area (Å²) in [5, 5.41) is 0. The lowest BCUT2D eigenvalue weighted by Gasteiger charge is -2.31. The zero-order chi connectivity index (χ0) is 29.7. The van der Waals surface area contributed by atoms with Crippen molar-refractivity contribution >= 4 is 18.0 Å². The Morgan fingerprint density at radius 1 is 0.927 bits per heavy atom. The minimum Gasteiger partial charge on any atom is -0.460 e. The van der Waals surface area contributed by atoms with Crippen LogP contribution in [0.2, 0.25) is 0 Å². The van der Waals surface area contributed by atoms with Gasteiger partial charge in [-0.25, -0.2) is 9.69 Å². The molecule has 0 spiro atoms. The summed E-state index contributed by atoms with van der Waals surface area (Å²) in [6.07, 6.45) is 11.7. The van der Waals surface area contributed by atoms with E-state index in [4.69, 9.17) is 9.47 Å². The van der Waals surface area contributed by atoms with Crippen LogP contribution in [-0.4, -0.2) is 41.1 Å². The van der Waals surface area contributed by atoms with Crippen molar-refractivity contribution in [2.24, 2.45) is 5.92 Å². The number of ether oxygens (including phenoxy) is 2. The number of rotatable bonds is 15. The maximum atomic E-state index is 14.1. The Morgan fingerprint density at radius 3 is 2.10 bits per heavy atom. The van der Waals surface area contributed by atoms with Gasteiger partial charge in [-0.05, 0) is 57.6 Å². The fourth-order valence-corrected chi connectivity index (χ4v) is 5.39. The second-order valence-electron chi connectivity index (χ2n) is 11.9. The van der Waals surface area contributed by atoms with Crippen molar-refractivity contribution in [1.82, 2.24) is 4.90 Å². The van der Waals surface area contributed by atoms with Gasteiger partial charge < -0.3 is 9.47 Å². The van der Waals surface area contributed by atoms with Crippen molar-refractivity contribution in [3.05, 3.63) is 83.9 Å². The maximum Gasteiger partial charge on any atom is 0.417 e. The molecule has 1 fully saturated rings. The molecule has 2 aromatic rings. The number of carbonyl (C=O) groups is 3. The van der Waals surface area contributed by atoms with Crippen LogP contribution in [0.15, 0.2) is 72.8 Å². The van der Waals surface area contributed by atoms with Crippen molar-refractivity contribution in [3.63, 3.8) is 0 Å². The van der Waals surface area contributed by atoms with E-state index in [1.807, 2.05) is 81.4 Å². The highest BCUT2D eigenvalue weighted by atomic mass is 16.6. The van der Waals surface area contributed by atoms with Gasteiger partial charge >= 0.3 is 12.1 Å². The Balaban J connectivity index is 1.80. The van der Waals surface area contributed by atoms with Crippen LogP contribution < -0.4 is 0 Å². The van der Waals surface area contributed by atoms with E-state index in [9.17, 15) is 14.4 Å². The fraction of sp³-hybridized carbons (Fsp3) is 0.514. The van der Waals surface area contributed by atoms with Gasteiger partial charge in [-0.2, -0.15) is 0 Å². The molecular formula is C35H47NO5. The first kappa shape index (κ1) is 32.1. The molecule has 2 atom stereocenters. The Morgan fingerprint density at radius 2 is 1.51 bits per heavy atom. The highest BCUT2D eigenvalue weighted by Gasteiger charge is 2.45. The molecule has 0 saturated carbocycles. The summed E-state index contributed by atoms with van der Waals surface area (Å²) in [7, 11) is 0. The quantitative estimate of drug-likeness (QED) is 0.124. The van der Waals surface area contributed by atoms with Crippen molar-refractivity contribution < 1.29 is 23.9 Å². The second kappa shape index (κ2) is 16.1. The number of esters is 1. The topological polar surface area (TPSA) is 72.9 Å². The number of allylic oxidation sites excluding steroid dienone is 2. The molecule has 0 aromatic heterocycles. The Bertz CT molecular complexity index is 1080. The molecule has 41 heavy (non-hydrogen) atoms. The number of carbonyl (C=O) groups excluding carboxylic acids is 3. The molecule has 0 unspecified atom stereocenters. The van der Waals surface area contributed by atoms with E-state index in [2.05, 4.69) is 19.1 Å². The highest BCUT2D eigenvalue weighted by molar-refractivity contribution is 5.96. The Labute approximate surface area is 246 Å². The minimum atomic E-state index is -0.695. The molecule has 6 heteroatoms. The van der Waals surface area contributed by atoms with Gasteiger partial charge in [-0.15, -0.1) is 0 Å². The highest BCUT2D eigenvalue weighted by Crippen LogP contribution is 2.35. The first-order valence-electron chi connectivity index (χ1n) is 15.2. The van der Waals surface area contributed by atoms with E-state index in [0.29, 0.717) is 12.8 Å². The molecule has 1 aliphatic heterocycles. The number of imide groups is 1. The predicted octanol–water partition coefficient (Wildman–Crippen LogP) is 8.21. The Hall–Kier alpha value is -3.41. The lowest BCUT2D eigenvalue weighted by atomic mass is 9.84. The first-order valence-corrected chi connectivity index (χ1v) is 15.2. The first-order chi connectivity index (χ1) is 19.7. The summed E-state index contributed by atoms with van der Waals surface area (Å²) in [6.45, 7) is 7.73. The molecule has 1 heterocycles. The van der Waals surface area contributed by atoms with Crippen molar-refractivity contribution in [3.8, 4) is 0 Å². The van der Waals surface area contributed by atoms with Crippen LogP contribution in [0.3, 0.4) is 0 Å². The van der Waals surface area contributed by atoms with E-state index < -0.39 is 29.6 Å². The molecule has 222 valence electrons. The molecular weight excluding hydrogens is 514 g/mol. The smallest absolute Gasteiger partial charge is 0.417 e. The average Bonchev–Trinajstić information content (AvgIpc) is 3.32. The fourth-order valence-electron chi connectivity index (χ4n) is 5.39. The van der Waals surface area contributed by atoms with Crippen LogP contribution in [0.1, 0.15) is 103 Å². The van der Waals surface area contributed by atoms with E-state index in [1.165, 1.54) is 30.6 Å².